The van der Waals surface area contributed by atoms with Gasteiger partial charge >= 0.3 is 0 Å². The molecule has 1 saturated heterocycles. The average molecular weight is 569 g/mol. The molecule has 3 heterocycles. The summed E-state index contributed by atoms with van der Waals surface area (Å²) in [5.74, 6) is 0.0822. The van der Waals surface area contributed by atoms with Crippen LogP contribution in [0.3, 0.4) is 0 Å². The number of carbonyl (C=O) groups excluding carboxylic acids is 2. The summed E-state index contributed by atoms with van der Waals surface area (Å²) in [6.07, 6.45) is 3.43. The zero-order chi connectivity index (χ0) is 28.5. The van der Waals surface area contributed by atoms with Gasteiger partial charge in [-0.25, -0.2) is 9.67 Å². The molecule has 0 unspecified atom stereocenters. The van der Waals surface area contributed by atoms with Gasteiger partial charge in [-0.15, -0.1) is 0 Å². The maximum absolute atomic E-state index is 13.0. The summed E-state index contributed by atoms with van der Waals surface area (Å²) in [6.45, 7) is 8.35. The van der Waals surface area contributed by atoms with Gasteiger partial charge in [0, 0.05) is 36.6 Å². The summed E-state index contributed by atoms with van der Waals surface area (Å²) in [4.78, 5) is 32.9. The maximum Gasteiger partial charge on any atom is 0.223 e. The van der Waals surface area contributed by atoms with Gasteiger partial charge in [0.25, 0.3) is 0 Å². The van der Waals surface area contributed by atoms with Crippen molar-refractivity contribution in [3.05, 3.63) is 71.4 Å². The summed E-state index contributed by atoms with van der Waals surface area (Å²) in [5.41, 5.74) is 7.20. The van der Waals surface area contributed by atoms with Crippen LogP contribution in [-0.4, -0.2) is 50.6 Å². The summed E-state index contributed by atoms with van der Waals surface area (Å²) < 4.78 is 2.01. The Morgan fingerprint density at radius 1 is 1.05 bits per heavy atom. The Kier molecular flexibility index (Phi) is 7.73. The molecule has 2 N–H and O–H groups in total. The van der Waals surface area contributed by atoms with Crippen molar-refractivity contribution in [1.82, 2.24) is 25.0 Å². The van der Waals surface area contributed by atoms with Crippen LogP contribution >= 0.6 is 11.3 Å². The molecule has 1 aliphatic heterocycles. The second kappa shape index (κ2) is 11.6. The molecule has 0 atom stereocenters. The second-order valence-electron chi connectivity index (χ2n) is 11.2. The molecule has 1 fully saturated rings. The molecule has 2 amide bonds. The number of nitrogens with one attached hydrogen (secondary N) is 2. The van der Waals surface area contributed by atoms with Crippen molar-refractivity contribution in [2.24, 2.45) is 5.92 Å². The normalized spacial score (nSPS) is 15.4. The third-order valence-electron chi connectivity index (χ3n) is 8.09. The number of aromatic nitrogens is 3. The molecule has 1 aliphatic carbocycles. The van der Waals surface area contributed by atoms with E-state index in [9.17, 15) is 9.59 Å². The van der Waals surface area contributed by atoms with E-state index in [-0.39, 0.29) is 17.7 Å². The SMILES string of the molecule is CC(=O)Nc1nc2c(s1)-c1c(c(-c3ccccc3)nn1-c1cccc(CNC(=O)C3CCN(C(C)C)CC3)c1)CC2. The number of likely N-dealkylation sites (tertiary alicyclic amines) is 1. The van der Waals surface area contributed by atoms with Crippen molar-refractivity contribution < 1.29 is 9.59 Å². The van der Waals surface area contributed by atoms with E-state index in [0.29, 0.717) is 17.7 Å². The minimum absolute atomic E-state index is 0.0716. The van der Waals surface area contributed by atoms with Crippen molar-refractivity contribution in [2.45, 2.75) is 59.0 Å². The topological polar surface area (TPSA) is 92.1 Å². The van der Waals surface area contributed by atoms with Crippen molar-refractivity contribution in [3.63, 3.8) is 0 Å². The number of carbonyl (C=O) groups is 2. The monoisotopic (exact) mass is 568 g/mol. The van der Waals surface area contributed by atoms with Gasteiger partial charge in [0.2, 0.25) is 11.8 Å². The van der Waals surface area contributed by atoms with E-state index < -0.39 is 0 Å². The van der Waals surface area contributed by atoms with Crippen LogP contribution in [-0.2, 0) is 29.0 Å². The number of hydrogen-bond acceptors (Lipinski definition) is 6. The fourth-order valence-electron chi connectivity index (χ4n) is 5.90. The summed E-state index contributed by atoms with van der Waals surface area (Å²) in [5, 5.41) is 11.8. The lowest BCUT2D eigenvalue weighted by Crippen LogP contribution is -2.42. The fourth-order valence-corrected chi connectivity index (χ4v) is 7.01. The first kappa shape index (κ1) is 27.4. The number of hydrogen-bond donors (Lipinski definition) is 2. The number of fused-ring (bicyclic) bond motifs is 3. The molecule has 9 heteroatoms. The van der Waals surface area contributed by atoms with E-state index in [2.05, 4.69) is 53.6 Å². The Balaban J connectivity index is 1.29. The maximum atomic E-state index is 13.0. The van der Waals surface area contributed by atoms with Crippen LogP contribution in [0.4, 0.5) is 5.13 Å². The Morgan fingerprint density at radius 3 is 2.56 bits per heavy atom. The lowest BCUT2D eigenvalue weighted by atomic mass is 9.95. The van der Waals surface area contributed by atoms with Gasteiger partial charge < -0.3 is 15.5 Å². The van der Waals surface area contributed by atoms with Crippen molar-refractivity contribution >= 4 is 28.3 Å². The molecule has 4 aromatic rings. The molecule has 2 aromatic carbocycles. The van der Waals surface area contributed by atoms with Gasteiger partial charge in [0.15, 0.2) is 5.13 Å². The minimum atomic E-state index is -0.130. The number of thiazole rings is 1. The highest BCUT2D eigenvalue weighted by Crippen LogP contribution is 2.44. The number of piperidine rings is 1. The van der Waals surface area contributed by atoms with Crippen molar-refractivity contribution in [2.75, 3.05) is 18.4 Å². The van der Waals surface area contributed by atoms with E-state index in [1.807, 2.05) is 35.0 Å². The van der Waals surface area contributed by atoms with Crippen LogP contribution in [0.2, 0.25) is 0 Å². The fraction of sp³-hybridized carbons (Fsp3) is 0.375. The summed E-state index contributed by atoms with van der Waals surface area (Å²) in [7, 11) is 0. The van der Waals surface area contributed by atoms with Crippen LogP contribution in [0.5, 0.6) is 0 Å². The molecule has 41 heavy (non-hydrogen) atoms. The second-order valence-corrected chi connectivity index (χ2v) is 12.2. The predicted molar refractivity (Wildman–Crippen MR) is 163 cm³/mol. The van der Waals surface area contributed by atoms with Crippen LogP contribution in [0.1, 0.15) is 50.4 Å². The van der Waals surface area contributed by atoms with Gasteiger partial charge in [-0.3, -0.25) is 9.59 Å². The van der Waals surface area contributed by atoms with Gasteiger partial charge in [-0.2, -0.15) is 5.10 Å². The Labute approximate surface area is 244 Å². The van der Waals surface area contributed by atoms with Crippen molar-refractivity contribution in [1.29, 1.82) is 0 Å². The molecule has 0 saturated carbocycles. The van der Waals surface area contributed by atoms with Crippen LogP contribution in [0.25, 0.3) is 27.5 Å². The van der Waals surface area contributed by atoms with Gasteiger partial charge in [0.05, 0.1) is 27.6 Å². The highest BCUT2D eigenvalue weighted by molar-refractivity contribution is 7.19. The quantitative estimate of drug-likeness (QED) is 0.309. The van der Waals surface area contributed by atoms with Crippen LogP contribution < -0.4 is 10.6 Å². The first-order valence-corrected chi connectivity index (χ1v) is 15.2. The average Bonchev–Trinajstić information content (AvgIpc) is 3.57. The summed E-state index contributed by atoms with van der Waals surface area (Å²) in [6, 6.07) is 19.0. The van der Waals surface area contributed by atoms with E-state index >= 15 is 0 Å². The van der Waals surface area contributed by atoms with Crippen LogP contribution in [0, 0.1) is 5.92 Å². The molecule has 8 nitrogen and oxygen atoms in total. The van der Waals surface area contributed by atoms with E-state index in [1.165, 1.54) is 23.8 Å². The number of benzene rings is 2. The van der Waals surface area contributed by atoms with E-state index in [4.69, 9.17) is 10.1 Å². The highest BCUT2D eigenvalue weighted by atomic mass is 32.1. The first-order chi connectivity index (χ1) is 19.9. The van der Waals surface area contributed by atoms with E-state index in [0.717, 1.165) is 77.5 Å². The third kappa shape index (κ3) is 5.69. The third-order valence-corrected chi connectivity index (χ3v) is 9.11. The molecule has 2 aromatic heterocycles. The molecular formula is C32H36N6O2S. The number of amides is 2. The zero-order valence-electron chi connectivity index (χ0n) is 23.8. The molecular weight excluding hydrogens is 532 g/mol. The number of rotatable bonds is 7. The lowest BCUT2D eigenvalue weighted by Gasteiger charge is -2.33. The number of anilines is 1. The van der Waals surface area contributed by atoms with Gasteiger partial charge in [-0.05, 0) is 70.3 Å². The number of aryl methyl sites for hydroxylation is 1. The molecule has 0 bridgehead atoms. The highest BCUT2D eigenvalue weighted by Gasteiger charge is 2.30. The smallest absolute Gasteiger partial charge is 0.223 e. The Morgan fingerprint density at radius 2 is 1.83 bits per heavy atom. The molecule has 6 rings (SSSR count). The Hall–Kier alpha value is -3.82. The van der Waals surface area contributed by atoms with Crippen molar-refractivity contribution in [3.8, 4) is 27.5 Å². The molecule has 0 radical (unpaired) electrons. The van der Waals surface area contributed by atoms with E-state index in [1.54, 1.807) is 0 Å². The first-order valence-electron chi connectivity index (χ1n) is 14.4. The van der Waals surface area contributed by atoms with Crippen LogP contribution in [0.15, 0.2) is 54.6 Å². The predicted octanol–water partition coefficient (Wildman–Crippen LogP) is 5.46. The zero-order valence-corrected chi connectivity index (χ0v) is 24.6. The molecule has 212 valence electrons. The van der Waals surface area contributed by atoms with Gasteiger partial charge in [0.1, 0.15) is 0 Å². The Bertz CT molecular complexity index is 1570. The largest absolute Gasteiger partial charge is 0.352 e. The van der Waals surface area contributed by atoms with Gasteiger partial charge in [-0.1, -0.05) is 53.8 Å². The standard InChI is InChI=1S/C32H36N6O2S/c1-20(2)37-16-14-24(15-17-37)31(40)33-19-22-8-7-11-25(18-22)38-29-26(28(36-38)23-9-5-4-6-10-23)12-13-27-30(29)41-32(35-27)34-21(3)39/h4-11,18,20,24H,12-17,19H2,1-3H3,(H,33,40)(H,34,35,39). The molecule has 0 spiro atoms. The lowest BCUT2D eigenvalue weighted by molar-refractivity contribution is -0.126. The minimum Gasteiger partial charge on any atom is -0.352 e. The number of nitrogens with zero attached hydrogens (tertiary/aromatic N) is 4. The molecule has 2 aliphatic rings. The summed E-state index contributed by atoms with van der Waals surface area (Å²) >= 11 is 1.50.